The van der Waals surface area contributed by atoms with Crippen molar-refractivity contribution in [1.82, 2.24) is 0 Å². The summed E-state index contributed by atoms with van der Waals surface area (Å²) in [4.78, 5) is 9.67. The second-order valence-electron chi connectivity index (χ2n) is 4.01. The van der Waals surface area contributed by atoms with Gasteiger partial charge in [0, 0.05) is 6.61 Å². The Kier molecular flexibility index (Phi) is 5.92. The largest absolute Gasteiger partial charge is 0.378 e. The zero-order valence-electron chi connectivity index (χ0n) is 10.7. The van der Waals surface area contributed by atoms with Crippen LogP contribution < -0.4 is 5.50 Å². The molecule has 4 nitrogen and oxygen atoms in total. The molecule has 2 atom stereocenters. The average molecular weight is 289 g/mol. The average Bonchev–Trinajstić information content (AvgIpc) is 2.34. The Bertz CT molecular complexity index is 409. The van der Waals surface area contributed by atoms with E-state index in [-0.39, 0.29) is 0 Å². The summed E-state index contributed by atoms with van der Waals surface area (Å²) in [6, 6.07) is 9.59. The molecule has 6 heteroatoms. The molecule has 0 amide bonds. The fraction of sp³-hybridized carbons (Fsp3) is 0.500. The van der Waals surface area contributed by atoms with E-state index in [9.17, 15) is 4.89 Å². The first kappa shape index (κ1) is 15.8. The van der Waals surface area contributed by atoms with E-state index in [2.05, 4.69) is 0 Å². The molecule has 0 radical (unpaired) electrons. The van der Waals surface area contributed by atoms with Gasteiger partial charge in [-0.2, -0.15) is 0 Å². The number of rotatable bonds is 7. The number of hydrogen-bond donors (Lipinski definition) is 2. The van der Waals surface area contributed by atoms with Crippen LogP contribution in [0.4, 0.5) is 0 Å². The second kappa shape index (κ2) is 6.75. The van der Waals surface area contributed by atoms with Gasteiger partial charge in [0.15, 0.2) is 0 Å². The Morgan fingerprint density at radius 1 is 1.33 bits per heavy atom. The molecule has 0 saturated carbocycles. The first-order valence-corrected chi connectivity index (χ1v) is 8.63. The van der Waals surface area contributed by atoms with E-state index in [0.717, 1.165) is 5.56 Å². The summed E-state index contributed by atoms with van der Waals surface area (Å²) in [5.41, 5.74) is 5.64. The van der Waals surface area contributed by atoms with E-state index in [4.69, 9.17) is 26.6 Å². The van der Waals surface area contributed by atoms with Crippen molar-refractivity contribution in [1.29, 1.82) is 0 Å². The van der Waals surface area contributed by atoms with Crippen LogP contribution in [0.5, 0.6) is 0 Å². The Labute approximate surface area is 113 Å². The molecule has 0 spiro atoms. The van der Waals surface area contributed by atoms with Crippen molar-refractivity contribution in [2.24, 2.45) is 5.50 Å². The third-order valence-electron chi connectivity index (χ3n) is 2.72. The van der Waals surface area contributed by atoms with Crippen molar-refractivity contribution in [3.63, 3.8) is 0 Å². The van der Waals surface area contributed by atoms with E-state index in [1.54, 1.807) is 0 Å². The molecule has 1 aromatic rings. The lowest BCUT2D eigenvalue weighted by Gasteiger charge is -2.34. The molecule has 18 heavy (non-hydrogen) atoms. The number of ether oxygens (including phenoxy) is 1. The molecular formula is C12H20NO3PS. The molecule has 1 rings (SSSR count). The molecular weight excluding hydrogens is 269 g/mol. The van der Waals surface area contributed by atoms with E-state index in [0.29, 0.717) is 19.6 Å². The van der Waals surface area contributed by atoms with Crippen molar-refractivity contribution < 1.29 is 14.2 Å². The number of hydrogen-bond acceptors (Lipinski definition) is 3. The molecule has 102 valence electrons. The minimum absolute atomic E-state index is 0.320. The first-order chi connectivity index (χ1) is 8.43. The molecule has 0 aromatic heterocycles. The van der Waals surface area contributed by atoms with Crippen LogP contribution in [0.3, 0.4) is 0 Å². The molecule has 0 heterocycles. The maximum atomic E-state index is 9.67. The van der Waals surface area contributed by atoms with Crippen molar-refractivity contribution in [2.45, 2.75) is 25.9 Å². The van der Waals surface area contributed by atoms with Crippen molar-refractivity contribution >= 4 is 18.4 Å². The lowest BCUT2D eigenvalue weighted by Crippen LogP contribution is -2.34. The Balaban J connectivity index is 3.09. The molecule has 0 saturated heterocycles. The first-order valence-electron chi connectivity index (χ1n) is 5.89. The highest BCUT2D eigenvalue weighted by Crippen LogP contribution is 2.44. The van der Waals surface area contributed by atoms with E-state index < -0.39 is 12.2 Å². The number of benzene rings is 1. The van der Waals surface area contributed by atoms with Gasteiger partial charge in [0.1, 0.15) is 5.60 Å². The van der Waals surface area contributed by atoms with Gasteiger partial charge in [-0.15, -0.1) is 0 Å². The summed E-state index contributed by atoms with van der Waals surface area (Å²) in [7, 11) is 0. The normalized spacial score (nSPS) is 18.0. The van der Waals surface area contributed by atoms with Gasteiger partial charge in [0.05, 0.1) is 6.61 Å². The molecule has 0 bridgehead atoms. The van der Waals surface area contributed by atoms with Crippen molar-refractivity contribution in [3.8, 4) is 0 Å². The molecule has 1 aromatic carbocycles. The lowest BCUT2D eigenvalue weighted by atomic mass is 9.92. The molecule has 3 N–H and O–H groups in total. The number of nitrogens with two attached hydrogens (primary N) is 1. The SMILES string of the molecule is CCOCC(CC)(OP(N)(O)=S)c1ccccc1. The highest BCUT2D eigenvalue weighted by atomic mass is 32.5. The lowest BCUT2D eigenvalue weighted by molar-refractivity contribution is -0.0302. The summed E-state index contributed by atoms with van der Waals surface area (Å²) in [6.07, 6.45) is 0.618. The fourth-order valence-electron chi connectivity index (χ4n) is 1.79. The third-order valence-corrected chi connectivity index (χ3v) is 3.55. The van der Waals surface area contributed by atoms with Crippen LogP contribution in [0.2, 0.25) is 0 Å². The van der Waals surface area contributed by atoms with Crippen molar-refractivity contribution in [2.75, 3.05) is 13.2 Å². The van der Waals surface area contributed by atoms with Gasteiger partial charge in [-0.05, 0) is 30.7 Å². The summed E-state index contributed by atoms with van der Waals surface area (Å²) < 4.78 is 11.1. The third kappa shape index (κ3) is 4.43. The van der Waals surface area contributed by atoms with Gasteiger partial charge in [-0.1, -0.05) is 37.3 Å². The van der Waals surface area contributed by atoms with Gasteiger partial charge >= 0.3 is 0 Å². The molecule has 2 unspecified atom stereocenters. The monoisotopic (exact) mass is 289 g/mol. The smallest absolute Gasteiger partial charge is 0.256 e. The van der Waals surface area contributed by atoms with Crippen LogP contribution in [-0.4, -0.2) is 18.1 Å². The van der Waals surface area contributed by atoms with Crippen LogP contribution in [0.25, 0.3) is 0 Å². The Morgan fingerprint density at radius 3 is 2.39 bits per heavy atom. The minimum atomic E-state index is -3.26. The summed E-state index contributed by atoms with van der Waals surface area (Å²) >= 11 is 4.82. The van der Waals surface area contributed by atoms with Gasteiger partial charge in [-0.3, -0.25) is 5.50 Å². The van der Waals surface area contributed by atoms with Gasteiger partial charge in [0.2, 0.25) is 0 Å². The van der Waals surface area contributed by atoms with E-state index >= 15 is 0 Å². The van der Waals surface area contributed by atoms with Gasteiger partial charge in [0.25, 0.3) is 6.64 Å². The highest BCUT2D eigenvalue weighted by Gasteiger charge is 2.35. The molecule has 0 aliphatic rings. The summed E-state index contributed by atoms with van der Waals surface area (Å²) in [5, 5.41) is 0. The quantitative estimate of drug-likeness (QED) is 0.755. The topological polar surface area (TPSA) is 64.7 Å². The maximum Gasteiger partial charge on any atom is 0.256 e. The van der Waals surface area contributed by atoms with E-state index in [1.165, 1.54) is 0 Å². The van der Waals surface area contributed by atoms with E-state index in [1.807, 2.05) is 44.2 Å². The standard InChI is InChI=1S/C12H20NO3PS/c1-3-12(10-15-4-2,16-17(13,14)18)11-8-6-5-7-9-11/h5-9H,3-4,10H2,1-2H3,(H3,13,14,18). The van der Waals surface area contributed by atoms with Crippen LogP contribution in [0, 0.1) is 0 Å². The Hall–Kier alpha value is -0.290. The zero-order valence-corrected chi connectivity index (χ0v) is 12.4. The highest BCUT2D eigenvalue weighted by molar-refractivity contribution is 8.08. The molecule has 0 aliphatic heterocycles. The predicted molar refractivity (Wildman–Crippen MR) is 76.7 cm³/mol. The van der Waals surface area contributed by atoms with Gasteiger partial charge < -0.3 is 14.2 Å². The fourth-order valence-corrected chi connectivity index (χ4v) is 3.01. The van der Waals surface area contributed by atoms with Crippen LogP contribution in [-0.2, 0) is 26.7 Å². The molecule has 0 aliphatic carbocycles. The summed E-state index contributed by atoms with van der Waals surface area (Å²) in [6.45, 7) is 1.49. The molecule has 0 fully saturated rings. The maximum absolute atomic E-state index is 9.67. The predicted octanol–water partition coefficient (Wildman–Crippen LogP) is 2.52. The Morgan fingerprint density at radius 2 is 1.94 bits per heavy atom. The van der Waals surface area contributed by atoms with Gasteiger partial charge in [-0.25, -0.2) is 0 Å². The van der Waals surface area contributed by atoms with Crippen LogP contribution in [0.1, 0.15) is 25.8 Å². The zero-order chi connectivity index (χ0) is 13.6. The second-order valence-corrected chi connectivity index (χ2v) is 6.89. The summed E-state index contributed by atoms with van der Waals surface area (Å²) in [5.74, 6) is 0. The van der Waals surface area contributed by atoms with Crippen LogP contribution >= 0.6 is 6.64 Å². The minimum Gasteiger partial charge on any atom is -0.378 e. The van der Waals surface area contributed by atoms with Crippen molar-refractivity contribution in [3.05, 3.63) is 35.9 Å². The van der Waals surface area contributed by atoms with Crippen LogP contribution in [0.15, 0.2) is 30.3 Å².